The number of nitrogens with zero attached hydrogens (tertiary/aromatic N) is 2. The Bertz CT molecular complexity index is 1090. The van der Waals surface area contributed by atoms with Crippen molar-refractivity contribution in [3.63, 3.8) is 0 Å². The molecule has 0 amide bonds. The molecular weight excluding hydrogens is 406 g/mol. The Labute approximate surface area is 177 Å². The average molecular weight is 424 g/mol. The highest BCUT2D eigenvalue weighted by atomic mass is 32.2. The van der Waals surface area contributed by atoms with Gasteiger partial charge in [0.15, 0.2) is 11.9 Å². The summed E-state index contributed by atoms with van der Waals surface area (Å²) in [6.45, 7) is 0. The van der Waals surface area contributed by atoms with Crippen LogP contribution in [0.4, 0.5) is 14.5 Å². The molecule has 3 unspecified atom stereocenters. The van der Waals surface area contributed by atoms with Gasteiger partial charge < -0.3 is 14.5 Å². The fourth-order valence-electron chi connectivity index (χ4n) is 3.83. The number of ether oxygens (including phenoxy) is 1. The number of oxime groups is 1. The zero-order valence-electron chi connectivity index (χ0n) is 16.0. The first kappa shape index (κ1) is 18.9. The first-order valence-corrected chi connectivity index (χ1v) is 10.4. The Hall–Kier alpha value is -3.06. The van der Waals surface area contributed by atoms with Crippen LogP contribution in [-0.4, -0.2) is 18.2 Å². The van der Waals surface area contributed by atoms with Crippen molar-refractivity contribution in [2.45, 2.75) is 16.7 Å². The van der Waals surface area contributed by atoms with Gasteiger partial charge in [0.05, 0.1) is 7.11 Å². The van der Waals surface area contributed by atoms with Gasteiger partial charge in [-0.15, -0.1) is 11.8 Å². The second kappa shape index (κ2) is 7.65. The standard InChI is InChI=1S/C23H18F2N2O2S/c1-28-19-5-3-2-4-18(19)23-27(17-12-10-16(25)11-13-17)22-21(30-23)20(29-26-22)14-6-8-15(24)9-7-14/h2-13,20-21,23H,1H3. The maximum Gasteiger partial charge on any atom is 0.171 e. The maximum absolute atomic E-state index is 13.6. The first-order valence-electron chi connectivity index (χ1n) is 9.48. The summed E-state index contributed by atoms with van der Waals surface area (Å²) in [7, 11) is 1.64. The Kier molecular flexibility index (Phi) is 4.83. The van der Waals surface area contributed by atoms with Crippen molar-refractivity contribution in [1.82, 2.24) is 0 Å². The van der Waals surface area contributed by atoms with Crippen LogP contribution in [0.5, 0.6) is 5.75 Å². The highest BCUT2D eigenvalue weighted by Gasteiger charge is 2.50. The molecule has 152 valence electrons. The van der Waals surface area contributed by atoms with E-state index in [4.69, 9.17) is 9.57 Å². The second-order valence-corrected chi connectivity index (χ2v) is 8.25. The van der Waals surface area contributed by atoms with Crippen LogP contribution in [0, 0.1) is 11.6 Å². The molecule has 3 atom stereocenters. The third-order valence-corrected chi connectivity index (χ3v) is 6.73. The molecule has 3 aromatic rings. The summed E-state index contributed by atoms with van der Waals surface area (Å²) in [6.07, 6.45) is -0.340. The van der Waals surface area contributed by atoms with Crippen molar-refractivity contribution in [3.05, 3.63) is 95.6 Å². The van der Waals surface area contributed by atoms with Gasteiger partial charge in [0, 0.05) is 11.3 Å². The van der Waals surface area contributed by atoms with Crippen molar-refractivity contribution in [2.24, 2.45) is 5.16 Å². The number of rotatable bonds is 4. The molecule has 1 fully saturated rings. The van der Waals surface area contributed by atoms with Gasteiger partial charge in [0.2, 0.25) is 0 Å². The van der Waals surface area contributed by atoms with E-state index >= 15 is 0 Å². The van der Waals surface area contributed by atoms with E-state index in [9.17, 15) is 8.78 Å². The fourth-order valence-corrected chi connectivity index (χ4v) is 5.43. The van der Waals surface area contributed by atoms with E-state index in [2.05, 4.69) is 10.1 Å². The Balaban J connectivity index is 1.57. The molecule has 2 heterocycles. The normalized spacial score (nSPS) is 22.4. The van der Waals surface area contributed by atoms with Crippen molar-refractivity contribution in [3.8, 4) is 5.75 Å². The summed E-state index contributed by atoms with van der Waals surface area (Å²) in [5.41, 5.74) is 2.65. The van der Waals surface area contributed by atoms with E-state index in [0.717, 1.165) is 28.4 Å². The highest BCUT2D eigenvalue weighted by molar-refractivity contribution is 8.01. The lowest BCUT2D eigenvalue weighted by Gasteiger charge is -2.26. The van der Waals surface area contributed by atoms with Crippen LogP contribution >= 0.6 is 11.8 Å². The molecule has 0 radical (unpaired) electrons. The lowest BCUT2D eigenvalue weighted by Crippen LogP contribution is -2.30. The Morgan fingerprint density at radius 1 is 0.933 bits per heavy atom. The number of halogens is 2. The van der Waals surface area contributed by atoms with Gasteiger partial charge in [-0.25, -0.2) is 8.78 Å². The number of para-hydroxylation sites is 1. The van der Waals surface area contributed by atoms with Gasteiger partial charge >= 0.3 is 0 Å². The number of amidine groups is 1. The summed E-state index contributed by atoms with van der Waals surface area (Å²) in [4.78, 5) is 7.81. The van der Waals surface area contributed by atoms with Crippen molar-refractivity contribution < 1.29 is 18.4 Å². The Morgan fingerprint density at radius 3 is 2.30 bits per heavy atom. The number of hydrogen-bond donors (Lipinski definition) is 0. The van der Waals surface area contributed by atoms with E-state index in [0.29, 0.717) is 0 Å². The minimum Gasteiger partial charge on any atom is -0.496 e. The van der Waals surface area contributed by atoms with Crippen molar-refractivity contribution >= 4 is 23.3 Å². The van der Waals surface area contributed by atoms with Crippen LogP contribution in [0.3, 0.4) is 0 Å². The smallest absolute Gasteiger partial charge is 0.171 e. The van der Waals surface area contributed by atoms with E-state index < -0.39 is 0 Å². The van der Waals surface area contributed by atoms with Gasteiger partial charge in [-0.2, -0.15) is 0 Å². The monoisotopic (exact) mass is 424 g/mol. The molecule has 2 aliphatic rings. The molecule has 0 aromatic heterocycles. The number of methoxy groups -OCH3 is 1. The third-order valence-electron chi connectivity index (χ3n) is 5.25. The summed E-state index contributed by atoms with van der Waals surface area (Å²) >= 11 is 1.68. The molecule has 0 N–H and O–H groups in total. The minimum atomic E-state index is -0.340. The number of fused-ring (bicyclic) bond motifs is 1. The Morgan fingerprint density at radius 2 is 1.60 bits per heavy atom. The fraction of sp³-hybridized carbons (Fsp3) is 0.174. The summed E-state index contributed by atoms with van der Waals surface area (Å²) in [5, 5.41) is 4.14. The molecule has 0 aliphatic carbocycles. The van der Waals surface area contributed by atoms with Crippen LogP contribution in [0.1, 0.15) is 22.6 Å². The first-order chi connectivity index (χ1) is 14.7. The molecular formula is C23H18F2N2O2S. The third kappa shape index (κ3) is 3.19. The molecule has 7 heteroatoms. The van der Waals surface area contributed by atoms with E-state index in [1.54, 1.807) is 43.1 Å². The topological polar surface area (TPSA) is 34.1 Å². The highest BCUT2D eigenvalue weighted by Crippen LogP contribution is 2.54. The predicted molar refractivity (Wildman–Crippen MR) is 114 cm³/mol. The lowest BCUT2D eigenvalue weighted by molar-refractivity contribution is 0.0880. The van der Waals surface area contributed by atoms with E-state index in [1.807, 2.05) is 24.3 Å². The van der Waals surface area contributed by atoms with E-state index in [-0.39, 0.29) is 28.4 Å². The summed E-state index contributed by atoms with van der Waals surface area (Å²) in [6, 6.07) is 20.4. The summed E-state index contributed by atoms with van der Waals surface area (Å²) in [5.74, 6) is 0.917. The van der Waals surface area contributed by atoms with Gasteiger partial charge in [-0.1, -0.05) is 35.5 Å². The van der Waals surface area contributed by atoms with Gasteiger partial charge in [0.1, 0.15) is 28.0 Å². The molecule has 5 rings (SSSR count). The molecule has 0 saturated carbocycles. The maximum atomic E-state index is 13.6. The second-order valence-electron chi connectivity index (χ2n) is 7.02. The van der Waals surface area contributed by atoms with Crippen LogP contribution < -0.4 is 9.64 Å². The minimum absolute atomic E-state index is 0.101. The number of thioether (sulfide) groups is 1. The SMILES string of the molecule is COc1ccccc1C1SC2C(=NOC2c2ccc(F)cc2)N1c1ccc(F)cc1. The summed E-state index contributed by atoms with van der Waals surface area (Å²) < 4.78 is 32.6. The molecule has 30 heavy (non-hydrogen) atoms. The quantitative estimate of drug-likeness (QED) is 0.540. The van der Waals surface area contributed by atoms with Gasteiger partial charge in [-0.3, -0.25) is 0 Å². The number of benzene rings is 3. The lowest BCUT2D eigenvalue weighted by atomic mass is 10.1. The molecule has 0 bridgehead atoms. The molecule has 2 aliphatic heterocycles. The van der Waals surface area contributed by atoms with Crippen LogP contribution in [0.2, 0.25) is 0 Å². The molecule has 1 saturated heterocycles. The zero-order chi connectivity index (χ0) is 20.7. The van der Waals surface area contributed by atoms with Crippen molar-refractivity contribution in [2.75, 3.05) is 12.0 Å². The van der Waals surface area contributed by atoms with Gasteiger partial charge in [0.25, 0.3) is 0 Å². The molecule has 4 nitrogen and oxygen atoms in total. The van der Waals surface area contributed by atoms with Crippen molar-refractivity contribution in [1.29, 1.82) is 0 Å². The largest absolute Gasteiger partial charge is 0.496 e. The van der Waals surface area contributed by atoms with Crippen LogP contribution in [0.15, 0.2) is 78.0 Å². The van der Waals surface area contributed by atoms with Gasteiger partial charge in [-0.05, 0) is 48.0 Å². The average Bonchev–Trinajstić information content (AvgIpc) is 3.34. The number of anilines is 1. The van der Waals surface area contributed by atoms with E-state index in [1.165, 1.54) is 24.3 Å². The molecule has 3 aromatic carbocycles. The zero-order valence-corrected chi connectivity index (χ0v) is 16.9. The molecule has 0 spiro atoms. The number of hydrogen-bond acceptors (Lipinski definition) is 5. The predicted octanol–water partition coefficient (Wildman–Crippen LogP) is 5.68. The van der Waals surface area contributed by atoms with Crippen LogP contribution in [-0.2, 0) is 4.84 Å². The van der Waals surface area contributed by atoms with Crippen LogP contribution in [0.25, 0.3) is 0 Å².